The molecule has 0 aliphatic carbocycles. The minimum Gasteiger partial charge on any atom is -0.442 e. The normalized spacial score (nSPS) is 13.9. The summed E-state index contributed by atoms with van der Waals surface area (Å²) in [5, 5.41) is 8.34. The summed E-state index contributed by atoms with van der Waals surface area (Å²) >= 11 is 1.36. The lowest BCUT2D eigenvalue weighted by atomic mass is 10.1. The van der Waals surface area contributed by atoms with Crippen molar-refractivity contribution in [3.8, 4) is 0 Å². The molecule has 2 aromatic rings. The maximum absolute atomic E-state index is 11.8. The number of anilines is 1. The van der Waals surface area contributed by atoms with Crippen LogP contribution in [0, 0.1) is 0 Å². The number of carbonyl (C=O) groups excluding carboxylic acids is 2. The monoisotopic (exact) mass is 302 g/mol. The van der Waals surface area contributed by atoms with Crippen molar-refractivity contribution >= 4 is 34.7 Å². The van der Waals surface area contributed by atoms with Gasteiger partial charge in [0, 0.05) is 16.6 Å². The zero-order valence-electron chi connectivity index (χ0n) is 10.7. The van der Waals surface area contributed by atoms with Gasteiger partial charge in [0.1, 0.15) is 18.0 Å². The minimum absolute atomic E-state index is 0.121. The van der Waals surface area contributed by atoms with Gasteiger partial charge in [-0.25, -0.2) is 15.2 Å². The summed E-state index contributed by atoms with van der Waals surface area (Å²) in [5.41, 5.74) is 6.31. The van der Waals surface area contributed by atoms with E-state index in [1.54, 1.807) is 35.2 Å². The lowest BCUT2D eigenvalue weighted by Crippen LogP contribution is -2.30. The molecule has 1 aromatic heterocycles. The number of benzene rings is 1. The topological polar surface area (TPSA) is 92.7 Å². The van der Waals surface area contributed by atoms with Gasteiger partial charge in [-0.05, 0) is 12.1 Å². The fraction of sp³-hybridized carbons (Fsp3) is 0.0769. The number of amides is 2. The van der Waals surface area contributed by atoms with E-state index >= 15 is 0 Å². The van der Waals surface area contributed by atoms with Gasteiger partial charge in [0.05, 0.1) is 5.51 Å². The highest BCUT2D eigenvalue weighted by molar-refractivity contribution is 7.07. The zero-order chi connectivity index (χ0) is 14.7. The molecule has 0 saturated carbocycles. The summed E-state index contributed by atoms with van der Waals surface area (Å²) in [4.78, 5) is 26.6. The molecule has 1 aliphatic heterocycles. The van der Waals surface area contributed by atoms with Crippen LogP contribution in [0.15, 0.2) is 40.3 Å². The molecule has 106 valence electrons. The van der Waals surface area contributed by atoms with Crippen molar-refractivity contribution in [3.63, 3.8) is 0 Å². The third-order valence-corrected chi connectivity index (χ3v) is 3.35. The van der Waals surface area contributed by atoms with Crippen molar-refractivity contribution in [2.75, 3.05) is 11.9 Å². The van der Waals surface area contributed by atoms with Gasteiger partial charge in [0.25, 0.3) is 5.91 Å². The first kappa shape index (κ1) is 13.3. The fourth-order valence-electron chi connectivity index (χ4n) is 1.73. The van der Waals surface area contributed by atoms with E-state index in [-0.39, 0.29) is 12.5 Å². The number of ether oxygens (including phenoxy) is 1. The molecule has 21 heavy (non-hydrogen) atoms. The van der Waals surface area contributed by atoms with Crippen molar-refractivity contribution < 1.29 is 14.3 Å². The van der Waals surface area contributed by atoms with Crippen molar-refractivity contribution in [1.29, 1.82) is 0 Å². The molecule has 0 fully saturated rings. The molecule has 2 N–H and O–H groups in total. The molecule has 0 atom stereocenters. The number of nitrogens with zero attached hydrogens (tertiary/aromatic N) is 2. The Morgan fingerprint density at radius 1 is 1.33 bits per heavy atom. The van der Waals surface area contributed by atoms with Crippen LogP contribution in [-0.4, -0.2) is 29.3 Å². The smallest absolute Gasteiger partial charge is 0.428 e. The van der Waals surface area contributed by atoms with Crippen LogP contribution in [0.5, 0.6) is 0 Å². The highest BCUT2D eigenvalue weighted by Gasteiger charge is 2.14. The maximum Gasteiger partial charge on any atom is 0.428 e. The average Bonchev–Trinajstić information content (AvgIpc) is 3.03. The summed E-state index contributed by atoms with van der Waals surface area (Å²) in [5.74, 6) is -0.255. The summed E-state index contributed by atoms with van der Waals surface area (Å²) in [6, 6.07) is 7.07. The van der Waals surface area contributed by atoms with Gasteiger partial charge in [0.15, 0.2) is 0 Å². The first-order chi connectivity index (χ1) is 10.2. The Bertz CT molecular complexity index is 695. The molecule has 7 nitrogen and oxygen atoms in total. The number of hydrogen-bond donors (Lipinski definition) is 2. The number of rotatable bonds is 3. The third kappa shape index (κ3) is 3.06. The Hall–Kier alpha value is -2.74. The van der Waals surface area contributed by atoms with Crippen molar-refractivity contribution in [2.24, 2.45) is 5.10 Å². The molecular weight excluding hydrogens is 292 g/mol. The fourth-order valence-corrected chi connectivity index (χ4v) is 2.26. The predicted molar refractivity (Wildman–Crippen MR) is 77.5 cm³/mol. The highest BCUT2D eigenvalue weighted by Crippen LogP contribution is 2.13. The minimum atomic E-state index is -0.564. The molecule has 8 heteroatoms. The molecular formula is C13H10N4O3S. The molecule has 2 amide bonds. The average molecular weight is 302 g/mol. The Labute approximate surface area is 123 Å². The first-order valence-corrected chi connectivity index (χ1v) is 6.96. The predicted octanol–water partition coefficient (Wildman–Crippen LogP) is 1.84. The molecule has 3 rings (SSSR count). The van der Waals surface area contributed by atoms with Crippen LogP contribution >= 0.6 is 11.3 Å². The van der Waals surface area contributed by atoms with Crippen LogP contribution in [0.3, 0.4) is 0 Å². The van der Waals surface area contributed by atoms with E-state index < -0.39 is 6.09 Å². The van der Waals surface area contributed by atoms with Gasteiger partial charge in [-0.2, -0.15) is 5.10 Å². The third-order valence-electron chi connectivity index (χ3n) is 2.76. The second-order valence-electron chi connectivity index (χ2n) is 4.15. The molecule has 1 aliphatic rings. The van der Waals surface area contributed by atoms with Crippen LogP contribution in [0.2, 0.25) is 0 Å². The van der Waals surface area contributed by atoms with Crippen molar-refractivity contribution in [3.05, 3.63) is 46.4 Å². The van der Waals surface area contributed by atoms with E-state index in [1.165, 1.54) is 11.3 Å². The van der Waals surface area contributed by atoms with Gasteiger partial charge in [-0.15, -0.1) is 11.3 Å². The lowest BCUT2D eigenvalue weighted by Gasteiger charge is -2.13. The molecule has 0 unspecified atom stereocenters. The number of aromatic nitrogens is 1. The van der Waals surface area contributed by atoms with Gasteiger partial charge < -0.3 is 10.1 Å². The summed E-state index contributed by atoms with van der Waals surface area (Å²) in [7, 11) is 0. The number of carbonyl (C=O) groups is 2. The molecule has 2 heterocycles. The van der Waals surface area contributed by atoms with E-state index in [9.17, 15) is 9.59 Å². The van der Waals surface area contributed by atoms with Crippen LogP contribution in [0.25, 0.3) is 0 Å². The number of hydrazone groups is 1. The highest BCUT2D eigenvalue weighted by atomic mass is 32.1. The Morgan fingerprint density at radius 3 is 2.76 bits per heavy atom. The standard InChI is InChI=1S/C13H10N4O3S/c18-12(11-6-21-7-14-11)15-9-3-1-8(2-4-9)10-5-20-13(19)17-16-10/h1-4,6-7H,5H2,(H,15,18)(H,17,19). The van der Waals surface area contributed by atoms with Gasteiger partial charge in [-0.3, -0.25) is 4.79 Å². The molecule has 0 radical (unpaired) electrons. The van der Waals surface area contributed by atoms with Crippen LogP contribution < -0.4 is 10.7 Å². The van der Waals surface area contributed by atoms with Crippen molar-refractivity contribution in [1.82, 2.24) is 10.4 Å². The molecule has 1 aromatic carbocycles. The van der Waals surface area contributed by atoms with E-state index in [0.717, 1.165) is 5.56 Å². The molecule has 0 saturated heterocycles. The summed E-state index contributed by atoms with van der Waals surface area (Å²) in [6.45, 7) is 0.121. The van der Waals surface area contributed by atoms with Crippen LogP contribution in [0.4, 0.5) is 10.5 Å². The second-order valence-corrected chi connectivity index (χ2v) is 4.87. The van der Waals surface area contributed by atoms with Gasteiger partial charge in [-0.1, -0.05) is 12.1 Å². The van der Waals surface area contributed by atoms with E-state index in [4.69, 9.17) is 4.74 Å². The second kappa shape index (κ2) is 5.71. The van der Waals surface area contributed by atoms with Crippen LogP contribution in [0.1, 0.15) is 16.1 Å². The van der Waals surface area contributed by atoms with Gasteiger partial charge in [0.2, 0.25) is 0 Å². The van der Waals surface area contributed by atoms with Gasteiger partial charge >= 0.3 is 6.09 Å². The molecule has 0 spiro atoms. The van der Waals surface area contributed by atoms with Crippen molar-refractivity contribution in [2.45, 2.75) is 0 Å². The number of hydrogen-bond acceptors (Lipinski definition) is 6. The Morgan fingerprint density at radius 2 is 2.14 bits per heavy atom. The first-order valence-electron chi connectivity index (χ1n) is 6.02. The lowest BCUT2D eigenvalue weighted by molar-refractivity contribution is 0.102. The van der Waals surface area contributed by atoms with E-state index in [0.29, 0.717) is 17.1 Å². The summed E-state index contributed by atoms with van der Waals surface area (Å²) < 4.78 is 4.83. The quantitative estimate of drug-likeness (QED) is 0.904. The Balaban J connectivity index is 1.70. The van der Waals surface area contributed by atoms with Crippen LogP contribution in [-0.2, 0) is 4.74 Å². The number of nitrogens with one attached hydrogen (secondary N) is 2. The van der Waals surface area contributed by atoms with E-state index in [2.05, 4.69) is 20.8 Å². The largest absolute Gasteiger partial charge is 0.442 e. The van der Waals surface area contributed by atoms with E-state index in [1.807, 2.05) is 0 Å². The molecule has 0 bridgehead atoms. The number of thiazole rings is 1. The number of cyclic esters (lactones) is 1. The summed E-state index contributed by atoms with van der Waals surface area (Å²) in [6.07, 6.45) is -0.564. The maximum atomic E-state index is 11.8. The SMILES string of the molecule is O=C1NN=C(c2ccc(NC(=O)c3cscn3)cc2)CO1. The Kier molecular flexibility index (Phi) is 3.61. The zero-order valence-corrected chi connectivity index (χ0v) is 11.5.